The molecule has 0 aromatic heterocycles. The molecule has 20 heavy (non-hydrogen) atoms. The van der Waals surface area contributed by atoms with Crippen LogP contribution in [0.1, 0.15) is 52.4 Å². The third-order valence-electron chi connectivity index (χ3n) is 6.09. The highest BCUT2D eigenvalue weighted by Crippen LogP contribution is 2.50. The molecule has 2 fully saturated rings. The van der Waals surface area contributed by atoms with E-state index >= 15 is 0 Å². The van der Waals surface area contributed by atoms with Crippen LogP contribution in [0.2, 0.25) is 0 Å². The van der Waals surface area contributed by atoms with Gasteiger partial charge in [-0.2, -0.15) is 0 Å². The van der Waals surface area contributed by atoms with Crippen molar-refractivity contribution in [3.63, 3.8) is 0 Å². The van der Waals surface area contributed by atoms with Gasteiger partial charge in [-0.1, -0.05) is 13.8 Å². The first kappa shape index (κ1) is 16.3. The second kappa shape index (κ2) is 5.28. The van der Waals surface area contributed by atoms with Gasteiger partial charge in [0, 0.05) is 18.3 Å². The number of quaternary nitrogens is 2. The predicted molar refractivity (Wildman–Crippen MR) is 87.6 cm³/mol. The number of hydrogen-bond donors (Lipinski definition) is 0. The van der Waals surface area contributed by atoms with E-state index < -0.39 is 0 Å². The zero-order chi connectivity index (χ0) is 15.1. The van der Waals surface area contributed by atoms with Crippen molar-refractivity contribution < 1.29 is 8.97 Å². The summed E-state index contributed by atoms with van der Waals surface area (Å²) < 4.78 is 2.46. The Morgan fingerprint density at radius 2 is 1.55 bits per heavy atom. The van der Waals surface area contributed by atoms with Crippen molar-refractivity contribution in [3.8, 4) is 0 Å². The summed E-state index contributed by atoms with van der Waals surface area (Å²) in [6, 6.07) is 0. The Kier molecular flexibility index (Phi) is 4.30. The highest BCUT2D eigenvalue weighted by Gasteiger charge is 2.48. The van der Waals surface area contributed by atoms with Crippen LogP contribution in [0.25, 0.3) is 0 Å². The Labute approximate surface area is 127 Å². The molecule has 2 nitrogen and oxygen atoms in total. The molecule has 1 unspecified atom stereocenters. The van der Waals surface area contributed by atoms with Gasteiger partial charge in [0.15, 0.2) is 0 Å². The van der Waals surface area contributed by atoms with E-state index in [0.29, 0.717) is 10.8 Å². The van der Waals surface area contributed by atoms with Gasteiger partial charge in [0.2, 0.25) is 0 Å². The van der Waals surface area contributed by atoms with Gasteiger partial charge >= 0.3 is 0 Å². The largest absolute Gasteiger partial charge is 0.331 e. The topological polar surface area (TPSA) is 0 Å². The lowest BCUT2D eigenvalue weighted by Crippen LogP contribution is -2.47. The maximum absolute atomic E-state index is 2.52. The van der Waals surface area contributed by atoms with Crippen LogP contribution in [0.5, 0.6) is 0 Å². The second-order valence-corrected chi connectivity index (χ2v) is 10.0. The summed E-state index contributed by atoms with van der Waals surface area (Å²) in [6.45, 7) is 10.5. The molecule has 1 saturated heterocycles. The Morgan fingerprint density at radius 1 is 0.950 bits per heavy atom. The highest BCUT2D eigenvalue weighted by molar-refractivity contribution is 4.91. The lowest BCUT2D eigenvalue weighted by Gasteiger charge is -2.41. The molecule has 0 aromatic carbocycles. The molecule has 2 heteroatoms. The fourth-order valence-corrected chi connectivity index (χ4v) is 4.46. The summed E-state index contributed by atoms with van der Waals surface area (Å²) >= 11 is 0. The van der Waals surface area contributed by atoms with Gasteiger partial charge in [0.05, 0.1) is 54.4 Å². The van der Waals surface area contributed by atoms with Crippen molar-refractivity contribution in [2.24, 2.45) is 10.8 Å². The third-order valence-corrected chi connectivity index (χ3v) is 6.09. The molecule has 0 N–H and O–H groups in total. The SMILES string of the molecule is CC1(C)CCC2(CC1)CC[N+](C)(CCC[N+](C)(C)C)C2. The van der Waals surface area contributed by atoms with Crippen molar-refractivity contribution in [1.29, 1.82) is 0 Å². The summed E-state index contributed by atoms with van der Waals surface area (Å²) in [4.78, 5) is 0. The first-order chi connectivity index (χ1) is 9.04. The Balaban J connectivity index is 1.85. The first-order valence-corrected chi connectivity index (χ1v) is 8.68. The van der Waals surface area contributed by atoms with Gasteiger partial charge in [-0.05, 0) is 31.1 Å². The van der Waals surface area contributed by atoms with Gasteiger partial charge in [-0.3, -0.25) is 0 Å². The molecular weight excluding hydrogens is 244 g/mol. The highest BCUT2D eigenvalue weighted by atomic mass is 15.4. The van der Waals surface area contributed by atoms with Crippen molar-refractivity contribution in [3.05, 3.63) is 0 Å². The maximum atomic E-state index is 2.52. The quantitative estimate of drug-likeness (QED) is 0.692. The van der Waals surface area contributed by atoms with Gasteiger partial charge in [0.25, 0.3) is 0 Å². The minimum atomic E-state index is 0.612. The molecule has 1 saturated carbocycles. The summed E-state index contributed by atoms with van der Waals surface area (Å²) in [5.74, 6) is 0. The number of likely N-dealkylation sites (tertiary alicyclic amines) is 1. The van der Waals surface area contributed by atoms with Crippen LogP contribution < -0.4 is 0 Å². The van der Waals surface area contributed by atoms with Crippen LogP contribution in [-0.4, -0.2) is 63.3 Å². The van der Waals surface area contributed by atoms with E-state index in [1.54, 1.807) is 0 Å². The molecule has 0 bridgehead atoms. The Hall–Kier alpha value is -0.0800. The average molecular weight is 283 g/mol. The standard InChI is InChI=1S/C18H38N2/c1-17(2)8-10-18(11-9-17)12-15-20(6,16-18)14-7-13-19(3,4)5/h7-16H2,1-6H3/q+2. The van der Waals surface area contributed by atoms with E-state index in [4.69, 9.17) is 0 Å². The summed E-state index contributed by atoms with van der Waals surface area (Å²) in [5, 5.41) is 0. The van der Waals surface area contributed by atoms with E-state index in [2.05, 4.69) is 42.0 Å². The van der Waals surface area contributed by atoms with E-state index in [1.165, 1.54) is 69.2 Å². The first-order valence-electron chi connectivity index (χ1n) is 8.68. The lowest BCUT2D eigenvalue weighted by atomic mass is 9.65. The fraction of sp³-hybridized carbons (Fsp3) is 1.00. The smallest absolute Gasteiger partial charge is 0.0843 e. The minimum Gasteiger partial charge on any atom is -0.331 e. The lowest BCUT2D eigenvalue weighted by molar-refractivity contribution is -0.910. The zero-order valence-corrected chi connectivity index (χ0v) is 15.0. The molecule has 0 radical (unpaired) electrons. The molecule has 0 amide bonds. The van der Waals surface area contributed by atoms with Crippen LogP contribution in [0.4, 0.5) is 0 Å². The van der Waals surface area contributed by atoms with Crippen molar-refractivity contribution in [2.45, 2.75) is 52.4 Å². The fourth-order valence-electron chi connectivity index (χ4n) is 4.46. The normalized spacial score (nSPS) is 32.7. The Morgan fingerprint density at radius 3 is 2.10 bits per heavy atom. The van der Waals surface area contributed by atoms with Crippen LogP contribution in [0.3, 0.4) is 0 Å². The molecule has 2 aliphatic rings. The van der Waals surface area contributed by atoms with Gasteiger partial charge < -0.3 is 8.97 Å². The van der Waals surface area contributed by atoms with E-state index in [-0.39, 0.29) is 0 Å². The van der Waals surface area contributed by atoms with E-state index in [9.17, 15) is 0 Å². The number of rotatable bonds is 4. The van der Waals surface area contributed by atoms with Gasteiger partial charge in [-0.15, -0.1) is 0 Å². The molecular formula is C18H38N2+2. The molecule has 1 heterocycles. The molecule has 1 aliphatic carbocycles. The second-order valence-electron chi connectivity index (χ2n) is 10.0. The number of hydrogen-bond acceptors (Lipinski definition) is 0. The van der Waals surface area contributed by atoms with Crippen LogP contribution >= 0.6 is 0 Å². The molecule has 118 valence electrons. The van der Waals surface area contributed by atoms with Crippen LogP contribution in [0, 0.1) is 10.8 Å². The Bertz CT molecular complexity index is 330. The molecule has 1 atom stereocenters. The minimum absolute atomic E-state index is 0.612. The maximum Gasteiger partial charge on any atom is 0.0843 e. The van der Waals surface area contributed by atoms with Crippen LogP contribution in [-0.2, 0) is 0 Å². The monoisotopic (exact) mass is 282 g/mol. The molecule has 1 aliphatic heterocycles. The molecule has 0 aromatic rings. The summed E-state index contributed by atoms with van der Waals surface area (Å²) in [7, 11) is 9.46. The molecule has 1 spiro atoms. The number of nitrogens with zero attached hydrogens (tertiary/aromatic N) is 2. The van der Waals surface area contributed by atoms with Crippen molar-refractivity contribution in [1.82, 2.24) is 0 Å². The third kappa shape index (κ3) is 4.21. The van der Waals surface area contributed by atoms with Crippen LogP contribution in [0.15, 0.2) is 0 Å². The van der Waals surface area contributed by atoms with Crippen molar-refractivity contribution >= 4 is 0 Å². The predicted octanol–water partition coefficient (Wildman–Crippen LogP) is 3.52. The summed E-state index contributed by atoms with van der Waals surface area (Å²) in [6.07, 6.45) is 8.75. The molecule has 2 rings (SSSR count). The zero-order valence-electron chi connectivity index (χ0n) is 15.0. The van der Waals surface area contributed by atoms with E-state index in [0.717, 1.165) is 4.48 Å². The van der Waals surface area contributed by atoms with Crippen molar-refractivity contribution in [2.75, 3.05) is 54.4 Å². The van der Waals surface area contributed by atoms with E-state index in [1.807, 2.05) is 0 Å². The van der Waals surface area contributed by atoms with Gasteiger partial charge in [0.1, 0.15) is 0 Å². The van der Waals surface area contributed by atoms with Gasteiger partial charge in [-0.25, -0.2) is 0 Å². The average Bonchev–Trinajstić information content (AvgIpc) is 2.61. The summed E-state index contributed by atoms with van der Waals surface area (Å²) in [5.41, 5.74) is 1.32.